The zero-order valence-corrected chi connectivity index (χ0v) is 12.7. The Morgan fingerprint density at radius 2 is 2.04 bits per heavy atom. The highest BCUT2D eigenvalue weighted by Gasteiger charge is 2.46. The number of hydrogen-bond acceptors (Lipinski definition) is 8. The van der Waals surface area contributed by atoms with Crippen LogP contribution in [0.2, 0.25) is 0 Å². The first-order valence-electron chi connectivity index (χ1n) is 7.14. The molecule has 1 aliphatic heterocycles. The molecule has 5 atom stereocenters. The number of amides is 1. The number of benzene rings is 1. The standard InChI is InChI=1S/C14H18N2O8/c1-7(18)15-11-13(20)12(19)10(6-17)24-14(11)23-9-5-3-2-4-8(9)16(21)22/h2-5,10-14,17,19-20H,6H2,1H3,(H,15,18)/t10-,11+,12+,13-,14-/m1/s1. The fraction of sp³-hybridized carbons (Fsp3) is 0.500. The Kier molecular flexibility index (Phi) is 5.67. The molecule has 1 aromatic carbocycles. The second-order valence-electron chi connectivity index (χ2n) is 5.28. The van der Waals surface area contributed by atoms with E-state index in [-0.39, 0.29) is 11.4 Å². The molecule has 0 radical (unpaired) electrons. The van der Waals surface area contributed by atoms with Crippen LogP contribution in [0.15, 0.2) is 24.3 Å². The van der Waals surface area contributed by atoms with Crippen LogP contribution in [0.25, 0.3) is 0 Å². The van der Waals surface area contributed by atoms with Crippen LogP contribution in [-0.2, 0) is 9.53 Å². The van der Waals surface area contributed by atoms with E-state index >= 15 is 0 Å². The molecule has 2 rings (SSSR count). The van der Waals surface area contributed by atoms with Gasteiger partial charge < -0.3 is 30.1 Å². The third kappa shape index (κ3) is 3.79. The summed E-state index contributed by atoms with van der Waals surface area (Å²) in [6.07, 6.45) is -5.46. The van der Waals surface area contributed by atoms with Gasteiger partial charge in [-0.3, -0.25) is 14.9 Å². The van der Waals surface area contributed by atoms with Gasteiger partial charge in [0, 0.05) is 13.0 Å². The largest absolute Gasteiger partial charge is 0.455 e. The number of rotatable bonds is 5. The number of aliphatic hydroxyl groups is 3. The van der Waals surface area contributed by atoms with Crippen LogP contribution in [0.4, 0.5) is 5.69 Å². The number of nitrogens with one attached hydrogen (secondary N) is 1. The van der Waals surface area contributed by atoms with Crippen molar-refractivity contribution in [3.05, 3.63) is 34.4 Å². The van der Waals surface area contributed by atoms with Gasteiger partial charge in [0.05, 0.1) is 11.5 Å². The quantitative estimate of drug-likeness (QED) is 0.389. The molecule has 0 spiro atoms. The molecule has 0 saturated carbocycles. The molecule has 10 nitrogen and oxygen atoms in total. The fourth-order valence-corrected chi connectivity index (χ4v) is 2.40. The van der Waals surface area contributed by atoms with Crippen molar-refractivity contribution in [1.82, 2.24) is 5.32 Å². The van der Waals surface area contributed by atoms with E-state index in [1.54, 1.807) is 0 Å². The maximum Gasteiger partial charge on any atom is 0.311 e. The molecule has 0 bridgehead atoms. The first-order chi connectivity index (χ1) is 11.3. The topological polar surface area (TPSA) is 151 Å². The van der Waals surface area contributed by atoms with E-state index in [1.807, 2.05) is 0 Å². The van der Waals surface area contributed by atoms with Crippen LogP contribution in [0, 0.1) is 10.1 Å². The molecule has 1 amide bonds. The highest BCUT2D eigenvalue weighted by molar-refractivity contribution is 5.73. The average Bonchev–Trinajstić information content (AvgIpc) is 2.54. The van der Waals surface area contributed by atoms with Crippen molar-refractivity contribution in [2.45, 2.75) is 37.6 Å². The predicted octanol–water partition coefficient (Wildman–Crippen LogP) is -1.08. The third-order valence-corrected chi connectivity index (χ3v) is 3.56. The average molecular weight is 342 g/mol. The highest BCUT2D eigenvalue weighted by Crippen LogP contribution is 2.30. The smallest absolute Gasteiger partial charge is 0.311 e. The minimum absolute atomic E-state index is 0.136. The third-order valence-electron chi connectivity index (χ3n) is 3.56. The summed E-state index contributed by atoms with van der Waals surface area (Å²) in [7, 11) is 0. The van der Waals surface area contributed by atoms with Crippen molar-refractivity contribution in [2.75, 3.05) is 6.61 Å². The van der Waals surface area contributed by atoms with Crippen molar-refractivity contribution in [1.29, 1.82) is 0 Å². The van der Waals surface area contributed by atoms with E-state index in [9.17, 15) is 30.2 Å². The number of nitrogens with zero attached hydrogens (tertiary/aromatic N) is 1. The summed E-state index contributed by atoms with van der Waals surface area (Å²) >= 11 is 0. The van der Waals surface area contributed by atoms with Gasteiger partial charge in [-0.25, -0.2) is 0 Å². The maximum absolute atomic E-state index is 11.3. The second kappa shape index (κ2) is 7.53. The van der Waals surface area contributed by atoms with Gasteiger partial charge >= 0.3 is 5.69 Å². The summed E-state index contributed by atoms with van der Waals surface area (Å²) in [6, 6.07) is 4.33. The molecule has 0 aromatic heterocycles. The molecule has 24 heavy (non-hydrogen) atoms. The second-order valence-corrected chi connectivity index (χ2v) is 5.28. The molecule has 1 aliphatic rings. The van der Waals surface area contributed by atoms with Gasteiger partial charge in [-0.15, -0.1) is 0 Å². The van der Waals surface area contributed by atoms with Crippen molar-refractivity contribution in [3.8, 4) is 5.75 Å². The number of para-hydroxylation sites is 2. The lowest BCUT2D eigenvalue weighted by Gasteiger charge is -2.41. The van der Waals surface area contributed by atoms with E-state index in [0.717, 1.165) is 0 Å². The number of hydrogen-bond donors (Lipinski definition) is 4. The summed E-state index contributed by atoms with van der Waals surface area (Å²) < 4.78 is 10.8. The van der Waals surface area contributed by atoms with Crippen molar-refractivity contribution >= 4 is 11.6 Å². The van der Waals surface area contributed by atoms with Crippen LogP contribution >= 0.6 is 0 Å². The van der Waals surface area contributed by atoms with E-state index in [0.29, 0.717) is 0 Å². The molecule has 0 unspecified atom stereocenters. The van der Waals surface area contributed by atoms with Crippen LogP contribution in [0.3, 0.4) is 0 Å². The number of ether oxygens (including phenoxy) is 2. The minimum atomic E-state index is -1.49. The van der Waals surface area contributed by atoms with Gasteiger partial charge in [0.25, 0.3) is 0 Å². The number of nitro benzene ring substituents is 1. The molecule has 10 heteroatoms. The molecule has 1 saturated heterocycles. The monoisotopic (exact) mass is 342 g/mol. The Hall–Kier alpha value is -2.27. The van der Waals surface area contributed by atoms with Crippen molar-refractivity contribution in [3.63, 3.8) is 0 Å². The Labute approximate surface area is 136 Å². The Bertz CT molecular complexity index is 610. The van der Waals surface area contributed by atoms with E-state index in [2.05, 4.69) is 5.32 Å². The predicted molar refractivity (Wildman–Crippen MR) is 79.1 cm³/mol. The van der Waals surface area contributed by atoms with Gasteiger partial charge in [-0.2, -0.15) is 0 Å². The highest BCUT2D eigenvalue weighted by atomic mass is 16.7. The summed E-state index contributed by atoms with van der Waals surface area (Å²) in [5.74, 6) is -0.656. The van der Waals surface area contributed by atoms with Crippen LogP contribution in [0.5, 0.6) is 5.75 Å². The van der Waals surface area contributed by atoms with Crippen LogP contribution in [-0.4, -0.2) is 63.4 Å². The number of aliphatic hydroxyl groups excluding tert-OH is 3. The van der Waals surface area contributed by atoms with Gasteiger partial charge in [-0.1, -0.05) is 12.1 Å². The molecule has 0 aliphatic carbocycles. The lowest BCUT2D eigenvalue weighted by atomic mass is 9.97. The SMILES string of the molecule is CC(=O)N[C@@H]1[C@H](Oc2ccccc2[N+](=O)[O-])O[C@H](CO)[C@H](O)[C@@H]1O. The zero-order valence-electron chi connectivity index (χ0n) is 12.7. The molecular formula is C14H18N2O8. The van der Waals surface area contributed by atoms with Gasteiger partial charge in [0.1, 0.15) is 24.4 Å². The van der Waals surface area contributed by atoms with Crippen molar-refractivity contribution in [2.24, 2.45) is 0 Å². The Morgan fingerprint density at radius 3 is 2.62 bits per heavy atom. The Balaban J connectivity index is 2.30. The molecule has 132 valence electrons. The first kappa shape index (κ1) is 18.1. The molecule has 1 heterocycles. The normalized spacial score (nSPS) is 29.8. The fourth-order valence-electron chi connectivity index (χ4n) is 2.40. The summed E-state index contributed by atoms with van der Waals surface area (Å²) in [6.45, 7) is 0.584. The van der Waals surface area contributed by atoms with Crippen molar-refractivity contribution < 1.29 is 34.5 Å². The van der Waals surface area contributed by atoms with Crippen LogP contribution in [0.1, 0.15) is 6.92 Å². The maximum atomic E-state index is 11.3. The number of carbonyl (C=O) groups is 1. The molecule has 4 N–H and O–H groups in total. The van der Waals surface area contributed by atoms with Gasteiger partial charge in [0.2, 0.25) is 12.2 Å². The summed E-state index contributed by atoms with van der Waals surface area (Å²) in [5.41, 5.74) is -0.330. The summed E-state index contributed by atoms with van der Waals surface area (Å²) in [5, 5.41) is 42.7. The lowest BCUT2D eigenvalue weighted by Crippen LogP contribution is -2.65. The number of nitro groups is 1. The molecule has 1 aromatic rings. The van der Waals surface area contributed by atoms with E-state index in [4.69, 9.17) is 9.47 Å². The first-order valence-corrected chi connectivity index (χ1v) is 7.14. The molecular weight excluding hydrogens is 324 g/mol. The molecule has 1 fully saturated rings. The Morgan fingerprint density at radius 1 is 1.38 bits per heavy atom. The van der Waals surface area contributed by atoms with E-state index in [1.165, 1.54) is 31.2 Å². The van der Waals surface area contributed by atoms with E-state index < -0.39 is 48.1 Å². The lowest BCUT2D eigenvalue weighted by molar-refractivity contribution is -0.386. The van der Waals surface area contributed by atoms with Gasteiger partial charge in [0.15, 0.2) is 5.75 Å². The van der Waals surface area contributed by atoms with Gasteiger partial charge in [-0.05, 0) is 6.07 Å². The summed E-state index contributed by atoms with van der Waals surface area (Å²) in [4.78, 5) is 21.7. The minimum Gasteiger partial charge on any atom is -0.455 e. The van der Waals surface area contributed by atoms with Crippen LogP contribution < -0.4 is 10.1 Å². The zero-order chi connectivity index (χ0) is 17.9. The number of carbonyl (C=O) groups excluding carboxylic acids is 1.